The first-order chi connectivity index (χ1) is 22.6. The minimum Gasteiger partial charge on any atom is -0.350 e. The smallest absolute Gasteiger partial charge is 0.350 e. The molecule has 4 aromatic rings. The molecule has 1 amide bonds. The van der Waals surface area contributed by atoms with Crippen molar-refractivity contribution in [2.45, 2.75) is 46.5 Å². The number of amides is 1. The maximum atomic E-state index is 16.4. The van der Waals surface area contributed by atoms with Crippen molar-refractivity contribution >= 4 is 28.3 Å². The summed E-state index contributed by atoms with van der Waals surface area (Å²) < 4.78 is 73.5. The van der Waals surface area contributed by atoms with E-state index in [9.17, 15) is 9.59 Å². The van der Waals surface area contributed by atoms with Crippen molar-refractivity contribution in [3.63, 3.8) is 0 Å². The van der Waals surface area contributed by atoms with Crippen molar-refractivity contribution < 1.29 is 20.4 Å². The second kappa shape index (κ2) is 11.5. The highest BCUT2D eigenvalue weighted by molar-refractivity contribution is 5.92. The SMILES string of the molecule is [2H]C([2H])=C(C)c1cccc(F)c1-c1nc2c(cc1F)c(N1CCN(C(=O)C=C)C[C@@H]1C)nc(=O)n2-c1c(C([2H])([2H])[2H])ccnc1C(C)C. The van der Waals surface area contributed by atoms with Crippen LogP contribution in [0, 0.1) is 18.5 Å². The van der Waals surface area contributed by atoms with Crippen molar-refractivity contribution in [2.75, 3.05) is 24.5 Å². The average Bonchev–Trinajstić information content (AvgIpc) is 3.03. The summed E-state index contributed by atoms with van der Waals surface area (Å²) in [5.41, 5.74) is -1.93. The van der Waals surface area contributed by atoms with Gasteiger partial charge in [-0.1, -0.05) is 44.7 Å². The van der Waals surface area contributed by atoms with Gasteiger partial charge < -0.3 is 9.80 Å². The van der Waals surface area contributed by atoms with E-state index in [1.807, 2.05) is 6.92 Å². The van der Waals surface area contributed by atoms with Gasteiger partial charge >= 0.3 is 5.69 Å². The summed E-state index contributed by atoms with van der Waals surface area (Å²) in [6.45, 7) is 7.72. The molecule has 0 unspecified atom stereocenters. The number of hydrogen-bond donors (Lipinski definition) is 0. The number of hydrogen-bond acceptors (Lipinski definition) is 6. The molecule has 10 heteroatoms. The largest absolute Gasteiger partial charge is 0.355 e. The van der Waals surface area contributed by atoms with Crippen LogP contribution in [0.25, 0.3) is 33.6 Å². The number of pyridine rings is 2. The Labute approximate surface area is 256 Å². The van der Waals surface area contributed by atoms with Crippen molar-refractivity contribution in [2.24, 2.45) is 0 Å². The average molecular weight is 590 g/mol. The molecule has 0 aliphatic carbocycles. The summed E-state index contributed by atoms with van der Waals surface area (Å²) in [4.78, 5) is 43.2. The Kier molecular flexibility index (Phi) is 6.37. The molecular weight excluding hydrogens is 550 g/mol. The number of anilines is 1. The second-order valence-electron chi connectivity index (χ2n) is 10.8. The number of nitrogens with zero attached hydrogens (tertiary/aromatic N) is 6. The third-order valence-electron chi connectivity index (χ3n) is 7.56. The summed E-state index contributed by atoms with van der Waals surface area (Å²) >= 11 is 0. The van der Waals surface area contributed by atoms with Crippen LogP contribution in [-0.2, 0) is 4.79 Å². The third-order valence-corrected chi connectivity index (χ3v) is 7.56. The Morgan fingerprint density at radius 1 is 1.21 bits per heavy atom. The fraction of sp³-hybridized carbons (Fsp3) is 0.303. The minimum atomic E-state index is -2.71. The van der Waals surface area contributed by atoms with Gasteiger partial charge in [0.25, 0.3) is 0 Å². The lowest BCUT2D eigenvalue weighted by Gasteiger charge is -2.40. The van der Waals surface area contributed by atoms with Gasteiger partial charge in [-0.2, -0.15) is 4.98 Å². The lowest BCUT2D eigenvalue weighted by Crippen LogP contribution is -2.54. The van der Waals surface area contributed by atoms with Crippen molar-refractivity contribution in [1.29, 1.82) is 0 Å². The molecule has 5 rings (SSSR count). The Morgan fingerprint density at radius 3 is 2.67 bits per heavy atom. The lowest BCUT2D eigenvalue weighted by molar-refractivity contribution is -0.126. The van der Waals surface area contributed by atoms with E-state index in [4.69, 9.17) is 6.85 Å². The summed E-state index contributed by atoms with van der Waals surface area (Å²) in [6.07, 6.45) is 2.54. The maximum absolute atomic E-state index is 16.4. The van der Waals surface area contributed by atoms with E-state index < -0.39 is 42.4 Å². The van der Waals surface area contributed by atoms with Gasteiger partial charge in [-0.25, -0.2) is 23.1 Å². The molecular formula is C33H34F2N6O2. The van der Waals surface area contributed by atoms with Crippen LogP contribution in [0.15, 0.2) is 60.5 Å². The number of allylic oxidation sites excluding steroid dienone is 1. The van der Waals surface area contributed by atoms with Gasteiger partial charge in [-0.15, -0.1) is 0 Å². The molecule has 1 saturated heterocycles. The molecule has 43 heavy (non-hydrogen) atoms. The van der Waals surface area contributed by atoms with E-state index in [-0.39, 0.29) is 82.0 Å². The van der Waals surface area contributed by atoms with E-state index in [0.717, 1.165) is 16.7 Å². The van der Waals surface area contributed by atoms with Gasteiger partial charge in [-0.05, 0) is 62.0 Å². The lowest BCUT2D eigenvalue weighted by atomic mass is 9.98. The van der Waals surface area contributed by atoms with Gasteiger partial charge in [-0.3, -0.25) is 9.78 Å². The predicted octanol–water partition coefficient (Wildman–Crippen LogP) is 5.81. The molecule has 4 heterocycles. The van der Waals surface area contributed by atoms with Crippen LogP contribution < -0.4 is 10.6 Å². The zero-order chi connectivity index (χ0) is 35.2. The monoisotopic (exact) mass is 589 g/mol. The Hall–Kier alpha value is -4.73. The molecule has 8 nitrogen and oxygen atoms in total. The highest BCUT2D eigenvalue weighted by Crippen LogP contribution is 2.36. The van der Waals surface area contributed by atoms with Crippen LogP contribution in [0.5, 0.6) is 0 Å². The number of carbonyl (C=O) groups excluding carboxylic acids is 1. The summed E-state index contributed by atoms with van der Waals surface area (Å²) in [7, 11) is 0. The molecule has 0 spiro atoms. The molecule has 0 N–H and O–H groups in total. The van der Waals surface area contributed by atoms with E-state index in [0.29, 0.717) is 0 Å². The van der Waals surface area contributed by atoms with E-state index in [1.54, 1.807) is 23.6 Å². The van der Waals surface area contributed by atoms with Crippen LogP contribution in [0.2, 0.25) is 0 Å². The molecule has 0 saturated carbocycles. The quantitative estimate of drug-likeness (QED) is 0.264. The molecule has 0 radical (unpaired) electrons. The number of piperazine rings is 1. The van der Waals surface area contributed by atoms with Crippen LogP contribution >= 0.6 is 0 Å². The number of halogens is 2. The Balaban J connectivity index is 1.92. The Morgan fingerprint density at radius 2 is 2.00 bits per heavy atom. The van der Waals surface area contributed by atoms with Crippen molar-refractivity contribution in [3.8, 4) is 16.9 Å². The third kappa shape index (κ3) is 5.22. The molecule has 1 aliphatic heterocycles. The molecule has 1 fully saturated rings. The molecule has 0 bridgehead atoms. The number of fused-ring (bicyclic) bond motifs is 1. The summed E-state index contributed by atoms with van der Waals surface area (Å²) in [5.74, 6) is -2.46. The van der Waals surface area contributed by atoms with E-state index in [1.165, 1.54) is 37.4 Å². The normalized spacial score (nSPS) is 17.2. The van der Waals surface area contributed by atoms with Gasteiger partial charge in [0.1, 0.15) is 17.3 Å². The number of rotatable bonds is 6. The molecule has 3 aromatic heterocycles. The van der Waals surface area contributed by atoms with E-state index in [2.05, 4.69) is 21.5 Å². The first-order valence-electron chi connectivity index (χ1n) is 16.3. The molecule has 1 atom stereocenters. The highest BCUT2D eigenvalue weighted by atomic mass is 19.1. The number of aryl methyl sites for hydroxylation is 1. The van der Waals surface area contributed by atoms with Gasteiger partial charge in [0.15, 0.2) is 11.5 Å². The van der Waals surface area contributed by atoms with Crippen molar-refractivity contribution in [3.05, 3.63) is 94.7 Å². The first-order valence-corrected chi connectivity index (χ1v) is 13.8. The predicted molar refractivity (Wildman–Crippen MR) is 165 cm³/mol. The topological polar surface area (TPSA) is 84.2 Å². The van der Waals surface area contributed by atoms with Gasteiger partial charge in [0, 0.05) is 41.5 Å². The number of carbonyl (C=O) groups is 1. The summed E-state index contributed by atoms with van der Waals surface area (Å²) in [5, 5.41) is 0.0353. The first kappa shape index (κ1) is 23.8. The van der Waals surface area contributed by atoms with E-state index >= 15 is 8.78 Å². The van der Waals surface area contributed by atoms with Crippen LogP contribution in [-0.4, -0.2) is 56.0 Å². The van der Waals surface area contributed by atoms with Crippen LogP contribution in [0.1, 0.15) is 57.3 Å². The van der Waals surface area contributed by atoms with Gasteiger partial charge in [0.05, 0.1) is 19.5 Å². The molecule has 222 valence electrons. The minimum absolute atomic E-state index is 0.0353. The number of aromatic nitrogens is 4. The van der Waals surface area contributed by atoms with Crippen LogP contribution in [0.4, 0.5) is 14.6 Å². The standard InChI is InChI=1S/C33H34F2N6O2/c1-8-26(42)39-14-15-40(21(7)17-39)31-23-16-25(35)29(27-22(18(2)3)10-9-11-24(27)34)37-32(23)41(33(43)38-31)30-20(6)12-13-36-28(30)19(4)5/h8-13,16,19,21H,1-2,14-15,17H2,3-7H3/t21-/m0/s1/i2D2,6D3. The van der Waals surface area contributed by atoms with Crippen molar-refractivity contribution in [1.82, 2.24) is 24.4 Å². The van der Waals surface area contributed by atoms with Crippen LogP contribution in [0.3, 0.4) is 0 Å². The molecule has 1 aliphatic rings. The molecule has 1 aromatic carbocycles. The zero-order valence-corrected chi connectivity index (χ0v) is 24.3. The zero-order valence-electron chi connectivity index (χ0n) is 29.3. The highest BCUT2D eigenvalue weighted by Gasteiger charge is 2.31. The maximum Gasteiger partial charge on any atom is 0.355 e. The number of benzene rings is 1. The van der Waals surface area contributed by atoms with Gasteiger partial charge in [0.2, 0.25) is 5.91 Å². The Bertz CT molecular complexity index is 2040. The second-order valence-corrected chi connectivity index (χ2v) is 10.8. The fourth-order valence-electron chi connectivity index (χ4n) is 5.51. The fourth-order valence-corrected chi connectivity index (χ4v) is 5.51. The summed E-state index contributed by atoms with van der Waals surface area (Å²) in [6, 6.07) is 5.84.